The van der Waals surface area contributed by atoms with Crippen LogP contribution in [-0.4, -0.2) is 32.3 Å². The zero-order chi connectivity index (χ0) is 17.1. The lowest BCUT2D eigenvalue weighted by molar-refractivity contribution is 0.221. The third kappa shape index (κ3) is 3.94. The number of anilines is 1. The van der Waals surface area contributed by atoms with Crippen LogP contribution in [0.4, 0.5) is 5.69 Å². The molecular weight excluding hydrogens is 320 g/mol. The highest BCUT2D eigenvalue weighted by atomic mass is 32.2. The summed E-state index contributed by atoms with van der Waals surface area (Å²) in [5, 5.41) is 4.38. The van der Waals surface area contributed by atoms with Crippen molar-refractivity contribution in [3.8, 4) is 0 Å². The van der Waals surface area contributed by atoms with Gasteiger partial charge in [0.15, 0.2) is 0 Å². The molecule has 6 heteroatoms. The highest BCUT2D eigenvalue weighted by Crippen LogP contribution is 2.23. The Morgan fingerprint density at radius 2 is 1.79 bits per heavy atom. The molecule has 0 amide bonds. The van der Waals surface area contributed by atoms with Crippen molar-refractivity contribution in [2.75, 3.05) is 17.8 Å². The van der Waals surface area contributed by atoms with E-state index in [1.807, 2.05) is 37.7 Å². The molecule has 1 fully saturated rings. The number of hydrogen-bond donors (Lipinski definition) is 2. The summed E-state index contributed by atoms with van der Waals surface area (Å²) < 4.78 is 15.5. The van der Waals surface area contributed by atoms with Crippen molar-refractivity contribution in [2.24, 2.45) is 7.05 Å². The fraction of sp³-hybridized carbons (Fsp3) is 0.500. The summed E-state index contributed by atoms with van der Waals surface area (Å²) in [5.41, 5.74) is 4.16. The lowest BCUT2D eigenvalue weighted by Gasteiger charge is -2.26. The average molecular weight is 348 g/mol. The van der Waals surface area contributed by atoms with E-state index in [4.69, 9.17) is 0 Å². The molecule has 2 N–H and O–H groups in total. The minimum Gasteiger partial charge on any atom is -0.299 e. The molecule has 1 aromatic heterocycles. The Morgan fingerprint density at radius 3 is 2.38 bits per heavy atom. The Balaban J connectivity index is 1.64. The SMILES string of the molecule is Cc1nn(C)c(C)c1N[S+](O)c1ccc(CN2CCCCC2)cc1. The van der Waals surface area contributed by atoms with Gasteiger partial charge >= 0.3 is 11.4 Å². The van der Waals surface area contributed by atoms with Crippen LogP contribution in [0.2, 0.25) is 0 Å². The van der Waals surface area contributed by atoms with Gasteiger partial charge in [-0.3, -0.25) is 9.58 Å². The number of likely N-dealkylation sites (tertiary alicyclic amines) is 1. The standard InChI is InChI=1S/C18H27N4OS/c1-14-18(15(2)21(3)19-14)20-24(23)17-9-7-16(8-10-17)13-22-11-5-4-6-12-22/h7-10,20,23H,4-6,11-13H2,1-3H3/q+1. The van der Waals surface area contributed by atoms with Crippen molar-refractivity contribution in [1.82, 2.24) is 14.7 Å². The molecule has 1 aliphatic heterocycles. The summed E-state index contributed by atoms with van der Waals surface area (Å²) in [6, 6.07) is 8.31. The Hall–Kier alpha value is -1.50. The summed E-state index contributed by atoms with van der Waals surface area (Å²) in [4.78, 5) is 3.41. The maximum absolute atomic E-state index is 10.5. The highest BCUT2D eigenvalue weighted by molar-refractivity contribution is 7.92. The number of aryl methyl sites for hydroxylation is 2. The van der Waals surface area contributed by atoms with Crippen LogP contribution in [0.15, 0.2) is 29.2 Å². The second-order valence-electron chi connectivity index (χ2n) is 6.54. The van der Waals surface area contributed by atoms with Gasteiger partial charge in [0.05, 0.1) is 11.4 Å². The summed E-state index contributed by atoms with van der Waals surface area (Å²) >= 11 is -1.02. The van der Waals surface area contributed by atoms with E-state index in [0.717, 1.165) is 28.5 Å². The molecule has 5 nitrogen and oxygen atoms in total. The van der Waals surface area contributed by atoms with Gasteiger partial charge in [0.2, 0.25) is 4.90 Å². The van der Waals surface area contributed by atoms with Crippen molar-refractivity contribution in [3.63, 3.8) is 0 Å². The molecular formula is C18H27N4OS+. The average Bonchev–Trinajstić information content (AvgIpc) is 2.83. The van der Waals surface area contributed by atoms with Gasteiger partial charge in [0.1, 0.15) is 5.69 Å². The number of piperidine rings is 1. The van der Waals surface area contributed by atoms with Gasteiger partial charge in [-0.2, -0.15) is 14.4 Å². The number of hydrogen-bond acceptors (Lipinski definition) is 4. The van der Waals surface area contributed by atoms with Crippen LogP contribution < -0.4 is 4.72 Å². The van der Waals surface area contributed by atoms with Gasteiger partial charge in [-0.05, 0) is 57.5 Å². The topological polar surface area (TPSA) is 53.3 Å². The van der Waals surface area contributed by atoms with Crippen LogP contribution in [0.25, 0.3) is 0 Å². The van der Waals surface area contributed by atoms with Crippen LogP contribution in [0.1, 0.15) is 36.2 Å². The number of nitrogens with zero attached hydrogens (tertiary/aromatic N) is 3. The van der Waals surface area contributed by atoms with Crippen LogP contribution >= 0.6 is 0 Å². The fourth-order valence-electron chi connectivity index (χ4n) is 3.18. The Kier molecular flexibility index (Phi) is 5.48. The number of rotatable bonds is 5. The molecule has 1 unspecified atom stereocenters. The van der Waals surface area contributed by atoms with E-state index < -0.39 is 11.4 Å². The van der Waals surface area contributed by atoms with Gasteiger partial charge in [-0.15, -0.1) is 0 Å². The molecule has 24 heavy (non-hydrogen) atoms. The predicted molar refractivity (Wildman–Crippen MR) is 100 cm³/mol. The second kappa shape index (κ2) is 7.59. The first-order valence-corrected chi connectivity index (χ1v) is 9.74. The molecule has 1 atom stereocenters. The van der Waals surface area contributed by atoms with Crippen LogP contribution in [0, 0.1) is 13.8 Å². The quantitative estimate of drug-likeness (QED) is 0.813. The normalized spacial score (nSPS) is 17.0. The molecule has 0 radical (unpaired) electrons. The monoisotopic (exact) mass is 347 g/mol. The first-order chi connectivity index (χ1) is 11.5. The van der Waals surface area contributed by atoms with E-state index >= 15 is 0 Å². The van der Waals surface area contributed by atoms with Gasteiger partial charge in [-0.25, -0.2) is 0 Å². The van der Waals surface area contributed by atoms with Crippen LogP contribution in [-0.2, 0) is 25.0 Å². The Labute approximate surface area is 147 Å². The lowest BCUT2D eigenvalue weighted by atomic mass is 10.1. The minimum absolute atomic E-state index is 0.903. The van der Waals surface area contributed by atoms with E-state index in [0.29, 0.717) is 0 Å². The van der Waals surface area contributed by atoms with Gasteiger partial charge in [0.25, 0.3) is 0 Å². The third-order valence-electron chi connectivity index (χ3n) is 4.71. The number of nitrogens with one attached hydrogen (secondary N) is 1. The second-order valence-corrected chi connectivity index (χ2v) is 7.78. The lowest BCUT2D eigenvalue weighted by Crippen LogP contribution is -2.29. The summed E-state index contributed by atoms with van der Waals surface area (Å²) in [6.45, 7) is 7.36. The largest absolute Gasteiger partial charge is 0.303 e. The molecule has 0 aliphatic carbocycles. The van der Waals surface area contributed by atoms with E-state index in [9.17, 15) is 4.55 Å². The van der Waals surface area contributed by atoms with Gasteiger partial charge in [0, 0.05) is 13.6 Å². The predicted octanol–water partition coefficient (Wildman–Crippen LogP) is 3.50. The first kappa shape index (κ1) is 17.3. The number of aromatic nitrogens is 2. The molecule has 1 aromatic carbocycles. The van der Waals surface area contributed by atoms with Crippen LogP contribution in [0.5, 0.6) is 0 Å². The molecule has 0 saturated carbocycles. The molecule has 0 bridgehead atoms. The fourth-order valence-corrected chi connectivity index (χ4v) is 4.18. The molecule has 130 valence electrons. The molecule has 2 heterocycles. The maximum atomic E-state index is 10.5. The van der Waals surface area contributed by atoms with Crippen molar-refractivity contribution >= 4 is 17.0 Å². The molecule has 1 aliphatic rings. The van der Waals surface area contributed by atoms with Crippen molar-refractivity contribution in [1.29, 1.82) is 0 Å². The molecule has 1 saturated heterocycles. The van der Waals surface area contributed by atoms with Crippen molar-refractivity contribution in [3.05, 3.63) is 41.2 Å². The zero-order valence-corrected chi connectivity index (χ0v) is 15.6. The van der Waals surface area contributed by atoms with Gasteiger partial charge in [-0.1, -0.05) is 18.6 Å². The summed E-state index contributed by atoms with van der Waals surface area (Å²) in [7, 11) is 1.92. The molecule has 3 rings (SSSR count). The van der Waals surface area contributed by atoms with E-state index in [2.05, 4.69) is 26.9 Å². The van der Waals surface area contributed by atoms with Crippen molar-refractivity contribution < 1.29 is 4.55 Å². The first-order valence-electron chi connectivity index (χ1n) is 8.56. The molecule has 0 spiro atoms. The van der Waals surface area contributed by atoms with E-state index in [-0.39, 0.29) is 0 Å². The van der Waals surface area contributed by atoms with E-state index in [1.54, 1.807) is 0 Å². The smallest absolute Gasteiger partial charge is 0.299 e. The minimum atomic E-state index is -1.02. The molecule has 2 aromatic rings. The van der Waals surface area contributed by atoms with Crippen LogP contribution in [0.3, 0.4) is 0 Å². The maximum Gasteiger partial charge on any atom is 0.303 e. The summed E-state index contributed by atoms with van der Waals surface area (Å²) in [5.74, 6) is 0. The zero-order valence-electron chi connectivity index (χ0n) is 14.7. The number of benzene rings is 1. The Bertz CT molecular complexity index is 677. The highest BCUT2D eigenvalue weighted by Gasteiger charge is 2.24. The Morgan fingerprint density at radius 1 is 1.12 bits per heavy atom. The third-order valence-corrected chi connectivity index (χ3v) is 5.83. The van der Waals surface area contributed by atoms with Gasteiger partial charge < -0.3 is 0 Å². The summed E-state index contributed by atoms with van der Waals surface area (Å²) in [6.07, 6.45) is 3.99. The van der Waals surface area contributed by atoms with E-state index in [1.165, 1.54) is 37.9 Å². The van der Waals surface area contributed by atoms with Crippen molar-refractivity contribution in [2.45, 2.75) is 44.6 Å².